The Kier molecular flexibility index (Phi) is 5.26. The van der Waals surface area contributed by atoms with Gasteiger partial charge in [-0.1, -0.05) is 11.6 Å². The minimum atomic E-state index is -3.74. The summed E-state index contributed by atoms with van der Waals surface area (Å²) in [5.41, 5.74) is 2.82. The lowest BCUT2D eigenvalue weighted by atomic mass is 10.1. The van der Waals surface area contributed by atoms with Gasteiger partial charge in [0, 0.05) is 30.8 Å². The molecule has 0 aliphatic carbocycles. The van der Waals surface area contributed by atoms with Crippen molar-refractivity contribution in [3.8, 4) is 11.3 Å². The Morgan fingerprint density at radius 1 is 1.42 bits per heavy atom. The lowest BCUT2D eigenvalue weighted by molar-refractivity contribution is -0.131. The van der Waals surface area contributed by atoms with E-state index in [1.807, 2.05) is 0 Å². The van der Waals surface area contributed by atoms with Crippen LogP contribution in [0.25, 0.3) is 11.3 Å². The summed E-state index contributed by atoms with van der Waals surface area (Å²) in [6.45, 7) is 1.43. The van der Waals surface area contributed by atoms with Crippen LogP contribution >= 0.6 is 11.6 Å². The molecule has 0 aromatic carbocycles. The van der Waals surface area contributed by atoms with Crippen molar-refractivity contribution >= 4 is 27.3 Å². The monoisotopic (exact) mass is 372 g/mol. The summed E-state index contributed by atoms with van der Waals surface area (Å²) in [5, 5.41) is 13.5. The molecule has 8 nitrogen and oxygen atoms in total. The number of carbonyl (C=O) groups is 1. The minimum absolute atomic E-state index is 0.0482. The van der Waals surface area contributed by atoms with Gasteiger partial charge in [-0.15, -0.1) is 0 Å². The first-order chi connectivity index (χ1) is 11.2. The maximum atomic E-state index is 11.9. The van der Waals surface area contributed by atoms with Crippen molar-refractivity contribution in [2.75, 3.05) is 6.26 Å². The molecule has 0 radical (unpaired) electrons. The second-order valence-electron chi connectivity index (χ2n) is 5.55. The summed E-state index contributed by atoms with van der Waals surface area (Å²) < 4.78 is 23.6. The largest absolute Gasteiger partial charge is 0.289 e. The normalized spacial score (nSPS) is 14.2. The van der Waals surface area contributed by atoms with Gasteiger partial charge in [0.2, 0.25) is 0 Å². The second kappa shape index (κ2) is 6.88. The number of rotatable bonds is 6. The Bertz CT molecular complexity index is 835. The van der Waals surface area contributed by atoms with E-state index in [9.17, 15) is 13.2 Å². The molecule has 0 saturated heterocycles. The smallest absolute Gasteiger partial charge is 0.264 e. The van der Waals surface area contributed by atoms with E-state index in [0.29, 0.717) is 10.7 Å². The second-order valence-corrected chi connectivity index (χ2v) is 8.43. The molecule has 2 aromatic rings. The van der Waals surface area contributed by atoms with Gasteiger partial charge < -0.3 is 0 Å². The molecule has 0 saturated carbocycles. The van der Waals surface area contributed by atoms with Crippen molar-refractivity contribution in [3.63, 3.8) is 0 Å². The molecule has 2 rings (SSSR count). The van der Waals surface area contributed by atoms with Gasteiger partial charge in [0.05, 0.1) is 16.9 Å². The molecule has 0 aliphatic rings. The fraction of sp³-hybridized carbons (Fsp3) is 0.357. The fourth-order valence-corrected chi connectivity index (χ4v) is 3.03. The molecule has 0 aliphatic heterocycles. The van der Waals surface area contributed by atoms with E-state index >= 15 is 0 Å². The highest BCUT2D eigenvalue weighted by Crippen LogP contribution is 2.23. The number of hydrogen-bond acceptors (Lipinski definition) is 6. The lowest BCUT2D eigenvalue weighted by Crippen LogP contribution is -2.49. The zero-order valence-corrected chi connectivity index (χ0v) is 14.7. The molecule has 1 atom stereocenters. The van der Waals surface area contributed by atoms with E-state index in [2.05, 4.69) is 10.1 Å². The number of sulfone groups is 1. The van der Waals surface area contributed by atoms with Crippen LogP contribution in [0, 0.1) is 0 Å². The van der Waals surface area contributed by atoms with Crippen LogP contribution in [0.3, 0.4) is 0 Å². The maximum Gasteiger partial charge on any atom is 0.264 e. The van der Waals surface area contributed by atoms with Crippen LogP contribution in [0.15, 0.2) is 30.7 Å². The highest BCUT2D eigenvalue weighted by atomic mass is 35.5. The van der Waals surface area contributed by atoms with Crippen LogP contribution in [0.4, 0.5) is 0 Å². The average molecular weight is 373 g/mol. The maximum absolute atomic E-state index is 11.9. The SMILES string of the molecule is CC(CCn1cc(-c2ccc(Cl)cn2)cn1)(C(=O)NO)S(C)(=O)=O. The third-order valence-electron chi connectivity index (χ3n) is 3.87. The number of aryl methyl sites for hydroxylation is 1. The molecular weight excluding hydrogens is 356 g/mol. The Balaban J connectivity index is 2.17. The number of nitrogens with zero attached hydrogens (tertiary/aromatic N) is 3. The van der Waals surface area contributed by atoms with Crippen LogP contribution in [-0.2, 0) is 21.2 Å². The molecule has 0 bridgehead atoms. The molecule has 2 aromatic heterocycles. The first-order valence-electron chi connectivity index (χ1n) is 6.96. The zero-order valence-electron chi connectivity index (χ0n) is 13.1. The molecule has 10 heteroatoms. The molecule has 24 heavy (non-hydrogen) atoms. The van der Waals surface area contributed by atoms with E-state index in [-0.39, 0.29) is 13.0 Å². The van der Waals surface area contributed by atoms with Crippen molar-refractivity contribution in [1.29, 1.82) is 0 Å². The van der Waals surface area contributed by atoms with E-state index < -0.39 is 20.5 Å². The van der Waals surface area contributed by atoms with E-state index in [0.717, 1.165) is 11.8 Å². The van der Waals surface area contributed by atoms with Gasteiger partial charge in [0.15, 0.2) is 14.6 Å². The minimum Gasteiger partial charge on any atom is -0.289 e. The van der Waals surface area contributed by atoms with Gasteiger partial charge in [0.1, 0.15) is 0 Å². The van der Waals surface area contributed by atoms with Crippen molar-refractivity contribution in [2.24, 2.45) is 0 Å². The lowest BCUT2D eigenvalue weighted by Gasteiger charge is -2.24. The number of pyridine rings is 1. The standard InChI is InChI=1S/C14H17ClN4O4S/c1-14(13(20)18-21,24(2,22)23)5-6-19-9-10(7-17-19)12-4-3-11(15)8-16-12/h3-4,7-9,21H,5-6H2,1-2H3,(H,18,20). The van der Waals surface area contributed by atoms with Crippen molar-refractivity contribution in [1.82, 2.24) is 20.2 Å². The highest BCUT2D eigenvalue weighted by molar-refractivity contribution is 7.92. The quantitative estimate of drug-likeness (QED) is 0.583. The molecular formula is C14H17ClN4O4S. The number of halogens is 1. The van der Waals surface area contributed by atoms with E-state index in [1.54, 1.807) is 24.5 Å². The fourth-order valence-electron chi connectivity index (χ4n) is 2.08. The van der Waals surface area contributed by atoms with E-state index in [4.69, 9.17) is 16.8 Å². The van der Waals surface area contributed by atoms with Crippen LogP contribution in [0.2, 0.25) is 5.02 Å². The van der Waals surface area contributed by atoms with Crippen molar-refractivity contribution in [3.05, 3.63) is 35.7 Å². The van der Waals surface area contributed by atoms with Crippen LogP contribution in [0.1, 0.15) is 13.3 Å². The van der Waals surface area contributed by atoms with Crippen LogP contribution in [-0.4, -0.2) is 45.3 Å². The topological polar surface area (TPSA) is 114 Å². The molecule has 1 amide bonds. The van der Waals surface area contributed by atoms with E-state index in [1.165, 1.54) is 23.3 Å². The van der Waals surface area contributed by atoms with Crippen molar-refractivity contribution in [2.45, 2.75) is 24.6 Å². The van der Waals surface area contributed by atoms with Gasteiger partial charge in [-0.05, 0) is 25.5 Å². The third kappa shape index (κ3) is 3.74. The molecule has 0 fully saturated rings. The summed E-state index contributed by atoms with van der Waals surface area (Å²) in [5.74, 6) is -0.975. The Morgan fingerprint density at radius 3 is 2.67 bits per heavy atom. The molecule has 1 unspecified atom stereocenters. The van der Waals surface area contributed by atoms with Crippen LogP contribution < -0.4 is 5.48 Å². The predicted octanol–water partition coefficient (Wildman–Crippen LogP) is 1.30. The van der Waals surface area contributed by atoms with Crippen LogP contribution in [0.5, 0.6) is 0 Å². The number of hydroxylamine groups is 1. The molecule has 2 N–H and O–H groups in total. The zero-order chi connectivity index (χ0) is 18.0. The number of carbonyl (C=O) groups excluding carboxylic acids is 1. The summed E-state index contributed by atoms with van der Waals surface area (Å²) in [4.78, 5) is 15.9. The Morgan fingerprint density at radius 2 is 2.12 bits per heavy atom. The van der Waals surface area contributed by atoms with Gasteiger partial charge in [-0.3, -0.25) is 19.7 Å². The number of nitrogens with one attached hydrogen (secondary N) is 1. The summed E-state index contributed by atoms with van der Waals surface area (Å²) in [7, 11) is -3.74. The third-order valence-corrected chi connectivity index (χ3v) is 6.12. The Labute approximate surface area is 144 Å². The predicted molar refractivity (Wildman–Crippen MR) is 88.3 cm³/mol. The molecule has 0 spiro atoms. The first kappa shape index (κ1) is 18.4. The molecule has 2 heterocycles. The summed E-state index contributed by atoms with van der Waals surface area (Å²) >= 11 is 5.79. The number of hydrogen-bond donors (Lipinski definition) is 2. The average Bonchev–Trinajstić information content (AvgIpc) is 3.00. The first-order valence-corrected chi connectivity index (χ1v) is 9.23. The highest BCUT2D eigenvalue weighted by Gasteiger charge is 2.43. The van der Waals surface area contributed by atoms with Gasteiger partial charge in [-0.2, -0.15) is 5.10 Å². The number of amides is 1. The van der Waals surface area contributed by atoms with Gasteiger partial charge in [-0.25, -0.2) is 13.9 Å². The summed E-state index contributed by atoms with van der Waals surface area (Å²) in [6.07, 6.45) is 5.69. The van der Waals surface area contributed by atoms with Gasteiger partial charge in [0.25, 0.3) is 5.91 Å². The van der Waals surface area contributed by atoms with Gasteiger partial charge >= 0.3 is 0 Å². The molecule has 130 valence electrons. The summed E-state index contributed by atoms with van der Waals surface area (Å²) in [6, 6.07) is 3.44. The van der Waals surface area contributed by atoms with Crippen molar-refractivity contribution < 1.29 is 18.4 Å². The Hall–Kier alpha value is -1.97. The number of aromatic nitrogens is 3.